The molecule has 70 valence electrons. The number of ether oxygens (including phenoxy) is 1. The van der Waals surface area contributed by atoms with E-state index in [-0.39, 0.29) is 5.57 Å². The molecule has 0 aliphatic carbocycles. The highest BCUT2D eigenvalue weighted by Crippen LogP contribution is 2.08. The summed E-state index contributed by atoms with van der Waals surface area (Å²) in [6.45, 7) is 5.51. The summed E-state index contributed by atoms with van der Waals surface area (Å²) in [7, 11) is 1.26. The lowest BCUT2D eigenvalue weighted by atomic mass is 10.1. The molecule has 0 aliphatic heterocycles. The summed E-state index contributed by atoms with van der Waals surface area (Å²) in [4.78, 5) is 11.0. The Hall–Kier alpha value is -1.56. The van der Waals surface area contributed by atoms with Crippen LogP contribution in [0, 0.1) is 11.3 Å². The predicted molar refractivity (Wildman–Crippen MR) is 49.8 cm³/mol. The molecule has 0 atom stereocenters. The summed E-state index contributed by atoms with van der Waals surface area (Å²) in [5.41, 5.74) is 1.73. The van der Waals surface area contributed by atoms with Gasteiger partial charge in [0.2, 0.25) is 0 Å². The van der Waals surface area contributed by atoms with Crippen molar-refractivity contribution in [2.24, 2.45) is 0 Å². The van der Waals surface area contributed by atoms with E-state index in [2.05, 4.69) is 4.74 Å². The zero-order chi connectivity index (χ0) is 10.4. The largest absolute Gasteiger partial charge is 0.465 e. The third kappa shape index (κ3) is 3.57. The van der Waals surface area contributed by atoms with Crippen LogP contribution in [-0.4, -0.2) is 13.1 Å². The van der Waals surface area contributed by atoms with Gasteiger partial charge < -0.3 is 4.74 Å². The Balaban J connectivity index is 5.05. The molecule has 0 heterocycles. The predicted octanol–water partition coefficient (Wildman–Crippen LogP) is 1.97. The second kappa shape index (κ2) is 5.15. The van der Waals surface area contributed by atoms with Crippen LogP contribution in [0.5, 0.6) is 0 Å². The minimum Gasteiger partial charge on any atom is -0.465 e. The topological polar surface area (TPSA) is 50.1 Å². The van der Waals surface area contributed by atoms with Crippen LogP contribution < -0.4 is 0 Å². The van der Waals surface area contributed by atoms with Gasteiger partial charge in [-0.25, -0.2) is 4.79 Å². The van der Waals surface area contributed by atoms with Crippen LogP contribution in [0.25, 0.3) is 0 Å². The Morgan fingerprint density at radius 3 is 2.23 bits per heavy atom. The fourth-order valence-electron chi connectivity index (χ4n) is 0.902. The van der Waals surface area contributed by atoms with Gasteiger partial charge in [-0.15, -0.1) is 0 Å². The van der Waals surface area contributed by atoms with E-state index in [1.165, 1.54) is 7.11 Å². The first kappa shape index (κ1) is 11.4. The van der Waals surface area contributed by atoms with E-state index in [0.717, 1.165) is 5.57 Å². The van der Waals surface area contributed by atoms with Crippen molar-refractivity contribution in [2.45, 2.75) is 20.8 Å². The molecule has 0 N–H and O–H groups in total. The van der Waals surface area contributed by atoms with Crippen LogP contribution in [0.1, 0.15) is 20.8 Å². The molecule has 0 aromatic heterocycles. The standard InChI is InChI=1S/C10H13NO2/c1-7(2)5-8(3)9(6-11)10(12)13-4/h5H,1-4H3/b9-8+. The first-order chi connectivity index (χ1) is 6.02. The zero-order valence-electron chi connectivity index (χ0n) is 8.34. The van der Waals surface area contributed by atoms with Gasteiger partial charge in [0, 0.05) is 0 Å². The van der Waals surface area contributed by atoms with Crippen LogP contribution in [-0.2, 0) is 9.53 Å². The number of rotatable bonds is 2. The van der Waals surface area contributed by atoms with Crippen molar-refractivity contribution in [3.8, 4) is 6.07 Å². The molecule has 0 aliphatic rings. The Labute approximate surface area is 78.3 Å². The summed E-state index contributed by atoms with van der Waals surface area (Å²) in [5.74, 6) is -0.586. The molecular formula is C10H13NO2. The number of carbonyl (C=O) groups excluding carboxylic acids is 1. The van der Waals surface area contributed by atoms with Gasteiger partial charge in [-0.05, 0) is 26.3 Å². The highest BCUT2D eigenvalue weighted by atomic mass is 16.5. The van der Waals surface area contributed by atoms with Gasteiger partial charge in [0.25, 0.3) is 0 Å². The quantitative estimate of drug-likeness (QED) is 0.282. The first-order valence-electron chi connectivity index (χ1n) is 3.87. The lowest BCUT2D eigenvalue weighted by molar-refractivity contribution is -0.135. The fourth-order valence-corrected chi connectivity index (χ4v) is 0.902. The molecular weight excluding hydrogens is 166 g/mol. The summed E-state index contributed by atoms with van der Waals surface area (Å²) >= 11 is 0. The van der Waals surface area contributed by atoms with Crippen LogP contribution in [0.15, 0.2) is 22.8 Å². The van der Waals surface area contributed by atoms with E-state index in [0.29, 0.717) is 5.57 Å². The van der Waals surface area contributed by atoms with E-state index < -0.39 is 5.97 Å². The van der Waals surface area contributed by atoms with E-state index in [9.17, 15) is 4.79 Å². The molecule has 0 rings (SSSR count). The number of hydrogen-bond donors (Lipinski definition) is 0. The van der Waals surface area contributed by atoms with Gasteiger partial charge in [-0.3, -0.25) is 0 Å². The smallest absolute Gasteiger partial charge is 0.348 e. The third-order valence-electron chi connectivity index (χ3n) is 1.40. The van der Waals surface area contributed by atoms with Crippen molar-refractivity contribution >= 4 is 5.97 Å². The molecule has 0 saturated carbocycles. The first-order valence-corrected chi connectivity index (χ1v) is 3.87. The number of carbonyl (C=O) groups is 1. The highest BCUT2D eigenvalue weighted by molar-refractivity contribution is 5.94. The lowest BCUT2D eigenvalue weighted by Crippen LogP contribution is -2.04. The lowest BCUT2D eigenvalue weighted by Gasteiger charge is -1.99. The van der Waals surface area contributed by atoms with Crippen LogP contribution in [0.4, 0.5) is 0 Å². The number of methoxy groups -OCH3 is 1. The molecule has 0 bridgehead atoms. The number of hydrogen-bond acceptors (Lipinski definition) is 3. The van der Waals surface area contributed by atoms with Gasteiger partial charge >= 0.3 is 5.97 Å². The Bertz CT molecular complexity index is 301. The van der Waals surface area contributed by atoms with Crippen LogP contribution in [0.3, 0.4) is 0 Å². The molecule has 0 aromatic rings. The molecule has 3 heteroatoms. The van der Waals surface area contributed by atoms with Crippen molar-refractivity contribution < 1.29 is 9.53 Å². The maximum Gasteiger partial charge on any atom is 0.348 e. The molecule has 0 radical (unpaired) electrons. The van der Waals surface area contributed by atoms with Gasteiger partial charge in [0.1, 0.15) is 11.6 Å². The van der Waals surface area contributed by atoms with Crippen LogP contribution >= 0.6 is 0 Å². The molecule has 0 fully saturated rings. The summed E-state index contributed by atoms with van der Waals surface area (Å²) in [6.07, 6.45) is 1.77. The number of nitriles is 1. The van der Waals surface area contributed by atoms with Crippen LogP contribution in [0.2, 0.25) is 0 Å². The second-order valence-electron chi connectivity index (χ2n) is 2.88. The van der Waals surface area contributed by atoms with Gasteiger partial charge in [-0.2, -0.15) is 5.26 Å². The van der Waals surface area contributed by atoms with Gasteiger partial charge in [-0.1, -0.05) is 11.6 Å². The third-order valence-corrected chi connectivity index (χ3v) is 1.40. The van der Waals surface area contributed by atoms with Crippen molar-refractivity contribution in [1.82, 2.24) is 0 Å². The average molecular weight is 179 g/mol. The van der Waals surface area contributed by atoms with Crippen molar-refractivity contribution in [2.75, 3.05) is 7.11 Å². The maximum atomic E-state index is 11.0. The Morgan fingerprint density at radius 2 is 1.92 bits per heavy atom. The monoisotopic (exact) mass is 179 g/mol. The number of esters is 1. The molecule has 0 amide bonds. The average Bonchev–Trinajstić information content (AvgIpc) is 2.03. The fraction of sp³-hybridized carbons (Fsp3) is 0.400. The molecule has 0 spiro atoms. The maximum absolute atomic E-state index is 11.0. The molecule has 0 saturated heterocycles. The molecule has 0 aromatic carbocycles. The normalized spacial score (nSPS) is 11.0. The van der Waals surface area contributed by atoms with Crippen molar-refractivity contribution in [3.05, 3.63) is 22.8 Å². The highest BCUT2D eigenvalue weighted by Gasteiger charge is 2.10. The molecule has 3 nitrogen and oxygen atoms in total. The van der Waals surface area contributed by atoms with E-state index in [1.54, 1.807) is 13.0 Å². The summed E-state index contributed by atoms with van der Waals surface area (Å²) in [5, 5.41) is 8.67. The molecule has 0 unspecified atom stereocenters. The van der Waals surface area contributed by atoms with Gasteiger partial charge in [0.05, 0.1) is 7.11 Å². The van der Waals surface area contributed by atoms with E-state index in [4.69, 9.17) is 5.26 Å². The van der Waals surface area contributed by atoms with E-state index in [1.807, 2.05) is 19.9 Å². The van der Waals surface area contributed by atoms with E-state index >= 15 is 0 Å². The van der Waals surface area contributed by atoms with Crippen molar-refractivity contribution in [3.63, 3.8) is 0 Å². The Kier molecular flexibility index (Phi) is 4.53. The second-order valence-corrected chi connectivity index (χ2v) is 2.88. The number of allylic oxidation sites excluding steroid dienone is 3. The van der Waals surface area contributed by atoms with Gasteiger partial charge in [0.15, 0.2) is 0 Å². The SMILES string of the molecule is COC(=O)/C(C#N)=C(\C)C=C(C)C. The summed E-state index contributed by atoms with van der Waals surface area (Å²) in [6, 6.07) is 1.82. The zero-order valence-corrected chi connectivity index (χ0v) is 8.34. The minimum absolute atomic E-state index is 0.0590. The number of nitrogens with zero attached hydrogens (tertiary/aromatic N) is 1. The van der Waals surface area contributed by atoms with Crippen molar-refractivity contribution in [1.29, 1.82) is 5.26 Å². The molecule has 13 heavy (non-hydrogen) atoms. The Morgan fingerprint density at radius 1 is 1.38 bits per heavy atom. The summed E-state index contributed by atoms with van der Waals surface area (Å²) < 4.78 is 4.46. The minimum atomic E-state index is -0.586.